The first-order valence-corrected chi connectivity index (χ1v) is 8.26. The van der Waals surface area contributed by atoms with Gasteiger partial charge in [-0.2, -0.15) is 0 Å². The molecule has 4 atom stereocenters. The van der Waals surface area contributed by atoms with E-state index in [4.69, 9.17) is 0 Å². The Labute approximate surface area is 112 Å². The third-order valence-corrected chi connectivity index (χ3v) is 6.30. The van der Waals surface area contributed by atoms with Crippen LogP contribution in [0.15, 0.2) is 22.8 Å². The van der Waals surface area contributed by atoms with Gasteiger partial charge in [0.1, 0.15) is 0 Å². The highest BCUT2D eigenvalue weighted by atomic mass is 14.5. The second-order valence-corrected chi connectivity index (χ2v) is 7.25. The van der Waals surface area contributed by atoms with Gasteiger partial charge in [0.2, 0.25) is 0 Å². The predicted octanol–water partition coefficient (Wildman–Crippen LogP) is 5.26. The average Bonchev–Trinajstić information content (AvgIpc) is 2.86. The SMILES string of the molecule is C[C@H]1C=C2CC[C@@H]3C(=C2CC1)CC[C@@H]1CCC[C@H]13. The van der Waals surface area contributed by atoms with Crippen molar-refractivity contribution in [3.8, 4) is 0 Å². The van der Waals surface area contributed by atoms with Crippen molar-refractivity contribution in [3.63, 3.8) is 0 Å². The fraction of sp³-hybridized carbons (Fsp3) is 0.778. The van der Waals surface area contributed by atoms with E-state index in [0.29, 0.717) is 0 Å². The van der Waals surface area contributed by atoms with Gasteiger partial charge >= 0.3 is 0 Å². The molecule has 0 nitrogen and oxygen atoms in total. The summed E-state index contributed by atoms with van der Waals surface area (Å²) in [5.41, 5.74) is 5.54. The third kappa shape index (κ3) is 1.64. The highest BCUT2D eigenvalue weighted by Gasteiger charge is 2.41. The lowest BCUT2D eigenvalue weighted by molar-refractivity contribution is 0.219. The maximum absolute atomic E-state index is 2.60. The van der Waals surface area contributed by atoms with E-state index in [9.17, 15) is 0 Å². The van der Waals surface area contributed by atoms with Crippen LogP contribution >= 0.6 is 0 Å². The zero-order valence-corrected chi connectivity index (χ0v) is 11.8. The summed E-state index contributed by atoms with van der Waals surface area (Å²) in [4.78, 5) is 0. The van der Waals surface area contributed by atoms with Crippen molar-refractivity contribution in [1.82, 2.24) is 0 Å². The topological polar surface area (TPSA) is 0 Å². The van der Waals surface area contributed by atoms with Crippen molar-refractivity contribution in [3.05, 3.63) is 22.8 Å². The summed E-state index contributed by atoms with van der Waals surface area (Å²) in [6.07, 6.45) is 15.9. The van der Waals surface area contributed by atoms with E-state index in [1.54, 1.807) is 18.4 Å². The van der Waals surface area contributed by atoms with Gasteiger partial charge in [0, 0.05) is 0 Å². The second-order valence-electron chi connectivity index (χ2n) is 7.25. The molecule has 0 unspecified atom stereocenters. The number of hydrogen-bond acceptors (Lipinski definition) is 0. The van der Waals surface area contributed by atoms with E-state index in [1.165, 1.54) is 44.9 Å². The zero-order chi connectivity index (χ0) is 12.1. The molecule has 98 valence electrons. The molecule has 2 saturated carbocycles. The summed E-state index contributed by atoms with van der Waals surface area (Å²) >= 11 is 0. The van der Waals surface area contributed by atoms with E-state index in [2.05, 4.69) is 13.0 Å². The number of allylic oxidation sites excluding steroid dienone is 4. The minimum Gasteiger partial charge on any atom is -0.0782 e. The normalized spacial score (nSPS) is 43.1. The van der Waals surface area contributed by atoms with E-state index in [0.717, 1.165) is 23.7 Å². The van der Waals surface area contributed by atoms with Crippen LogP contribution in [0.5, 0.6) is 0 Å². The molecule has 4 aliphatic rings. The summed E-state index contributed by atoms with van der Waals surface area (Å²) in [5, 5.41) is 0. The quantitative estimate of drug-likeness (QED) is 0.543. The molecule has 2 fully saturated rings. The molecule has 0 heteroatoms. The first-order valence-electron chi connectivity index (χ1n) is 8.26. The summed E-state index contributed by atoms with van der Waals surface area (Å²) in [7, 11) is 0. The molecular formula is C18H26. The Morgan fingerprint density at radius 1 is 0.944 bits per heavy atom. The van der Waals surface area contributed by atoms with Gasteiger partial charge in [-0.05, 0) is 79.8 Å². The maximum atomic E-state index is 2.60. The molecule has 4 rings (SSSR count). The van der Waals surface area contributed by atoms with Crippen molar-refractivity contribution in [1.29, 1.82) is 0 Å². The fourth-order valence-electron chi connectivity index (χ4n) is 5.47. The van der Waals surface area contributed by atoms with Crippen LogP contribution in [0.4, 0.5) is 0 Å². The number of rotatable bonds is 0. The van der Waals surface area contributed by atoms with Crippen molar-refractivity contribution in [2.45, 2.75) is 64.7 Å². The standard InChI is InChI=1S/C18H26/c1-12-5-8-16-14(11-12)7-10-17-15-4-2-3-13(15)6-9-18(16)17/h11-13,15,17H,2-10H2,1H3/t12-,13+,15-,17+/m1/s1. The van der Waals surface area contributed by atoms with Gasteiger partial charge in [-0.15, -0.1) is 0 Å². The molecule has 0 N–H and O–H groups in total. The Morgan fingerprint density at radius 3 is 2.83 bits per heavy atom. The van der Waals surface area contributed by atoms with Crippen molar-refractivity contribution >= 4 is 0 Å². The zero-order valence-electron chi connectivity index (χ0n) is 11.8. The van der Waals surface area contributed by atoms with Crippen LogP contribution in [0.1, 0.15) is 64.7 Å². The molecule has 0 spiro atoms. The lowest BCUT2D eigenvalue weighted by Crippen LogP contribution is -2.30. The average molecular weight is 242 g/mol. The Kier molecular flexibility index (Phi) is 2.67. The molecule has 4 aliphatic carbocycles. The molecule has 0 amide bonds. The second kappa shape index (κ2) is 4.25. The van der Waals surface area contributed by atoms with E-state index < -0.39 is 0 Å². The van der Waals surface area contributed by atoms with Gasteiger partial charge in [0.05, 0.1) is 0 Å². The van der Waals surface area contributed by atoms with Gasteiger partial charge in [-0.1, -0.05) is 31.4 Å². The van der Waals surface area contributed by atoms with Gasteiger partial charge in [-0.3, -0.25) is 0 Å². The van der Waals surface area contributed by atoms with Gasteiger partial charge in [0.25, 0.3) is 0 Å². The molecule has 0 aromatic carbocycles. The van der Waals surface area contributed by atoms with Crippen LogP contribution in [0.25, 0.3) is 0 Å². The predicted molar refractivity (Wildman–Crippen MR) is 76.3 cm³/mol. The lowest BCUT2D eigenvalue weighted by Gasteiger charge is -2.42. The van der Waals surface area contributed by atoms with Gasteiger partial charge < -0.3 is 0 Å². The van der Waals surface area contributed by atoms with Crippen molar-refractivity contribution in [2.24, 2.45) is 23.7 Å². The first kappa shape index (κ1) is 11.3. The molecule has 0 bridgehead atoms. The van der Waals surface area contributed by atoms with Gasteiger partial charge in [-0.25, -0.2) is 0 Å². The molecule has 0 aromatic heterocycles. The highest BCUT2D eigenvalue weighted by molar-refractivity contribution is 5.42. The van der Waals surface area contributed by atoms with Crippen LogP contribution < -0.4 is 0 Å². The van der Waals surface area contributed by atoms with Crippen LogP contribution in [-0.2, 0) is 0 Å². The Bertz CT molecular complexity index is 412. The van der Waals surface area contributed by atoms with E-state index in [-0.39, 0.29) is 0 Å². The summed E-state index contributed by atoms with van der Waals surface area (Å²) in [5.74, 6) is 4.03. The number of hydrogen-bond donors (Lipinski definition) is 0. The summed E-state index contributed by atoms with van der Waals surface area (Å²) < 4.78 is 0. The minimum atomic E-state index is 0.837. The Balaban J connectivity index is 1.71. The molecular weight excluding hydrogens is 216 g/mol. The largest absolute Gasteiger partial charge is 0.0782 e. The van der Waals surface area contributed by atoms with Gasteiger partial charge in [0.15, 0.2) is 0 Å². The van der Waals surface area contributed by atoms with Crippen LogP contribution in [0.3, 0.4) is 0 Å². The van der Waals surface area contributed by atoms with E-state index in [1.807, 2.05) is 11.1 Å². The molecule has 0 aromatic rings. The molecule has 0 saturated heterocycles. The Morgan fingerprint density at radius 2 is 1.89 bits per heavy atom. The Hall–Kier alpha value is -0.520. The minimum absolute atomic E-state index is 0.837. The smallest absolute Gasteiger partial charge is 0.0163 e. The summed E-state index contributed by atoms with van der Waals surface area (Å²) in [6.45, 7) is 2.40. The summed E-state index contributed by atoms with van der Waals surface area (Å²) in [6, 6.07) is 0. The van der Waals surface area contributed by atoms with Crippen LogP contribution in [-0.4, -0.2) is 0 Å². The van der Waals surface area contributed by atoms with Crippen LogP contribution in [0.2, 0.25) is 0 Å². The molecule has 0 heterocycles. The van der Waals surface area contributed by atoms with Crippen molar-refractivity contribution in [2.75, 3.05) is 0 Å². The fourth-order valence-corrected chi connectivity index (χ4v) is 5.47. The molecule has 0 radical (unpaired) electrons. The molecule has 18 heavy (non-hydrogen) atoms. The maximum Gasteiger partial charge on any atom is -0.0163 e. The first-order chi connectivity index (χ1) is 8.83. The van der Waals surface area contributed by atoms with Crippen molar-refractivity contribution < 1.29 is 0 Å². The number of fused-ring (bicyclic) bond motifs is 4. The highest BCUT2D eigenvalue weighted by Crippen LogP contribution is 2.54. The third-order valence-electron chi connectivity index (χ3n) is 6.30. The van der Waals surface area contributed by atoms with Crippen LogP contribution in [0, 0.1) is 23.7 Å². The molecule has 0 aliphatic heterocycles. The lowest BCUT2D eigenvalue weighted by atomic mass is 9.63. The van der Waals surface area contributed by atoms with E-state index >= 15 is 0 Å². The monoisotopic (exact) mass is 242 g/mol.